The number of fused-ring (bicyclic) bond motifs is 1. The monoisotopic (exact) mass is 364 g/mol. The van der Waals surface area contributed by atoms with Crippen LogP contribution in [0.1, 0.15) is 30.0 Å². The number of aromatic amines is 1. The van der Waals surface area contributed by atoms with Gasteiger partial charge in [-0.1, -0.05) is 37.3 Å². The summed E-state index contributed by atoms with van der Waals surface area (Å²) in [7, 11) is 1.62. The number of H-pyrrole nitrogens is 1. The predicted octanol–water partition coefficient (Wildman–Crippen LogP) is 3.78. The number of hydrogen-bond donors (Lipinski definition) is 1. The molecule has 0 spiro atoms. The zero-order chi connectivity index (χ0) is 19.4. The third kappa shape index (κ3) is 4.19. The molecule has 0 fully saturated rings. The maximum Gasteiger partial charge on any atom is 0.253 e. The lowest BCUT2D eigenvalue weighted by Gasteiger charge is -2.22. The summed E-state index contributed by atoms with van der Waals surface area (Å²) in [6.07, 6.45) is 0.390. The molecule has 0 aliphatic heterocycles. The van der Waals surface area contributed by atoms with E-state index >= 15 is 0 Å². The molecule has 0 unspecified atom stereocenters. The second kappa shape index (κ2) is 8.08. The number of rotatable bonds is 6. The number of nitrogens with zero attached hydrogens (tertiary/aromatic N) is 1. The normalized spacial score (nSPS) is 10.8. The van der Waals surface area contributed by atoms with Crippen molar-refractivity contribution in [2.45, 2.75) is 33.4 Å². The first-order valence-electron chi connectivity index (χ1n) is 9.04. The van der Waals surface area contributed by atoms with E-state index in [4.69, 9.17) is 4.74 Å². The molecule has 27 heavy (non-hydrogen) atoms. The molecule has 0 radical (unpaired) electrons. The molecule has 3 rings (SSSR count). The van der Waals surface area contributed by atoms with Gasteiger partial charge in [-0.15, -0.1) is 0 Å². The van der Waals surface area contributed by atoms with Gasteiger partial charge in [-0.3, -0.25) is 9.59 Å². The number of aryl methyl sites for hydroxylation is 1. The van der Waals surface area contributed by atoms with Crippen LogP contribution in [0, 0.1) is 6.92 Å². The molecular weight excluding hydrogens is 340 g/mol. The zero-order valence-electron chi connectivity index (χ0n) is 15.9. The van der Waals surface area contributed by atoms with Crippen LogP contribution in [-0.4, -0.2) is 22.9 Å². The summed E-state index contributed by atoms with van der Waals surface area (Å²) in [6.45, 7) is 4.52. The van der Waals surface area contributed by atoms with E-state index in [1.165, 1.54) is 0 Å². The second-order valence-corrected chi connectivity index (χ2v) is 6.61. The van der Waals surface area contributed by atoms with Gasteiger partial charge >= 0.3 is 0 Å². The number of hydrogen-bond acceptors (Lipinski definition) is 3. The number of para-hydroxylation sites is 1. The number of ether oxygens (including phenoxy) is 1. The van der Waals surface area contributed by atoms with Gasteiger partial charge in [-0.2, -0.15) is 0 Å². The number of methoxy groups -OCH3 is 1. The van der Waals surface area contributed by atoms with Gasteiger partial charge in [-0.25, -0.2) is 0 Å². The van der Waals surface area contributed by atoms with Crippen LogP contribution >= 0.6 is 0 Å². The van der Waals surface area contributed by atoms with Gasteiger partial charge < -0.3 is 14.6 Å². The van der Waals surface area contributed by atoms with E-state index in [-0.39, 0.29) is 18.0 Å². The second-order valence-electron chi connectivity index (χ2n) is 6.61. The number of pyridine rings is 1. The highest BCUT2D eigenvalue weighted by atomic mass is 16.5. The highest BCUT2D eigenvalue weighted by molar-refractivity contribution is 5.82. The Morgan fingerprint density at radius 2 is 1.85 bits per heavy atom. The molecule has 1 heterocycles. The summed E-state index contributed by atoms with van der Waals surface area (Å²) in [5.74, 6) is 0.781. The van der Waals surface area contributed by atoms with E-state index in [1.54, 1.807) is 12.0 Å². The molecule has 1 N–H and O–H groups in total. The van der Waals surface area contributed by atoms with Crippen molar-refractivity contribution in [3.63, 3.8) is 0 Å². The smallest absolute Gasteiger partial charge is 0.253 e. The van der Waals surface area contributed by atoms with Crippen LogP contribution in [0.2, 0.25) is 0 Å². The van der Waals surface area contributed by atoms with Crippen molar-refractivity contribution < 1.29 is 9.53 Å². The topological polar surface area (TPSA) is 62.4 Å². The minimum absolute atomic E-state index is 0.00885. The molecule has 0 bridgehead atoms. The van der Waals surface area contributed by atoms with Crippen LogP contribution in [0.15, 0.2) is 53.3 Å². The molecule has 1 aromatic heterocycles. The highest BCUT2D eigenvalue weighted by Crippen LogP contribution is 2.18. The van der Waals surface area contributed by atoms with Crippen LogP contribution in [0.4, 0.5) is 0 Å². The van der Waals surface area contributed by atoms with E-state index in [2.05, 4.69) is 4.98 Å². The van der Waals surface area contributed by atoms with Gasteiger partial charge in [0, 0.05) is 18.5 Å². The third-order valence-electron chi connectivity index (χ3n) is 4.71. The highest BCUT2D eigenvalue weighted by Gasteiger charge is 2.15. The van der Waals surface area contributed by atoms with Crippen molar-refractivity contribution in [3.8, 4) is 5.75 Å². The molecule has 5 heteroatoms. The van der Waals surface area contributed by atoms with Crippen molar-refractivity contribution in [1.29, 1.82) is 0 Å². The fraction of sp³-hybridized carbons (Fsp3) is 0.273. The molecular formula is C22H24N2O3. The first kappa shape index (κ1) is 18.7. The van der Waals surface area contributed by atoms with E-state index < -0.39 is 0 Å². The standard InChI is InChI=1S/C22H24N2O3/c1-4-20(25)24(13-16-8-10-19(27-3)11-9-16)14-18-12-17-7-5-6-15(2)21(17)23-22(18)26/h5-12H,4,13-14H2,1-3H3,(H,23,26). The number of carbonyl (C=O) groups is 1. The number of benzene rings is 2. The largest absolute Gasteiger partial charge is 0.497 e. The number of nitrogens with one attached hydrogen (secondary N) is 1. The van der Waals surface area contributed by atoms with Gasteiger partial charge in [0.2, 0.25) is 5.91 Å². The summed E-state index contributed by atoms with van der Waals surface area (Å²) >= 11 is 0. The molecule has 0 saturated carbocycles. The van der Waals surface area contributed by atoms with Crippen molar-refractivity contribution in [2.24, 2.45) is 0 Å². The van der Waals surface area contributed by atoms with Crippen molar-refractivity contribution >= 4 is 16.8 Å². The SMILES string of the molecule is CCC(=O)N(Cc1ccc(OC)cc1)Cc1cc2cccc(C)c2[nH]c1=O. The molecule has 3 aromatic rings. The molecule has 0 aliphatic rings. The van der Waals surface area contributed by atoms with Gasteiger partial charge in [0.1, 0.15) is 5.75 Å². The molecule has 2 aromatic carbocycles. The number of amides is 1. The van der Waals surface area contributed by atoms with Crippen LogP contribution < -0.4 is 10.3 Å². The quantitative estimate of drug-likeness (QED) is 0.724. The molecule has 0 saturated heterocycles. The minimum atomic E-state index is -0.152. The summed E-state index contributed by atoms with van der Waals surface area (Å²) in [6, 6.07) is 15.4. The molecule has 0 aliphatic carbocycles. The maximum absolute atomic E-state index is 12.6. The Balaban J connectivity index is 1.90. The van der Waals surface area contributed by atoms with E-state index in [1.807, 2.05) is 62.4 Å². The van der Waals surface area contributed by atoms with Crippen molar-refractivity contribution in [1.82, 2.24) is 9.88 Å². The average Bonchev–Trinajstić information content (AvgIpc) is 2.68. The van der Waals surface area contributed by atoms with Gasteiger partial charge in [0.25, 0.3) is 5.56 Å². The Hall–Kier alpha value is -3.08. The van der Waals surface area contributed by atoms with Crippen LogP contribution in [0.3, 0.4) is 0 Å². The first-order valence-corrected chi connectivity index (χ1v) is 9.04. The van der Waals surface area contributed by atoms with Crippen LogP contribution in [-0.2, 0) is 17.9 Å². The molecule has 140 valence electrons. The van der Waals surface area contributed by atoms with Crippen LogP contribution in [0.5, 0.6) is 5.75 Å². The fourth-order valence-corrected chi connectivity index (χ4v) is 3.16. The lowest BCUT2D eigenvalue weighted by atomic mass is 10.1. The van der Waals surface area contributed by atoms with Crippen LogP contribution in [0.25, 0.3) is 10.9 Å². The first-order chi connectivity index (χ1) is 13.0. The Bertz CT molecular complexity index is 1010. The number of aromatic nitrogens is 1. The summed E-state index contributed by atoms with van der Waals surface area (Å²) < 4.78 is 5.18. The Morgan fingerprint density at radius 1 is 1.11 bits per heavy atom. The van der Waals surface area contributed by atoms with Gasteiger partial charge in [0.15, 0.2) is 0 Å². The summed E-state index contributed by atoms with van der Waals surface area (Å²) in [5.41, 5.74) is 3.29. The van der Waals surface area contributed by atoms with E-state index in [0.29, 0.717) is 18.5 Å². The van der Waals surface area contributed by atoms with Crippen molar-refractivity contribution in [2.75, 3.05) is 7.11 Å². The number of carbonyl (C=O) groups excluding carboxylic acids is 1. The van der Waals surface area contributed by atoms with E-state index in [9.17, 15) is 9.59 Å². The lowest BCUT2D eigenvalue weighted by molar-refractivity contribution is -0.132. The van der Waals surface area contributed by atoms with Gasteiger partial charge in [-0.05, 0) is 41.6 Å². The average molecular weight is 364 g/mol. The fourth-order valence-electron chi connectivity index (χ4n) is 3.16. The minimum Gasteiger partial charge on any atom is -0.497 e. The third-order valence-corrected chi connectivity index (χ3v) is 4.71. The summed E-state index contributed by atoms with van der Waals surface area (Å²) in [5, 5.41) is 0.970. The summed E-state index contributed by atoms with van der Waals surface area (Å²) in [4.78, 5) is 29.7. The van der Waals surface area contributed by atoms with Crippen molar-refractivity contribution in [3.05, 3.63) is 75.6 Å². The Kier molecular flexibility index (Phi) is 5.60. The Morgan fingerprint density at radius 3 is 2.52 bits per heavy atom. The Labute approximate surface area is 158 Å². The predicted molar refractivity (Wildman–Crippen MR) is 107 cm³/mol. The molecule has 1 amide bonds. The van der Waals surface area contributed by atoms with Gasteiger partial charge in [0.05, 0.1) is 19.2 Å². The molecule has 5 nitrogen and oxygen atoms in total. The molecule has 0 atom stereocenters. The maximum atomic E-state index is 12.6. The van der Waals surface area contributed by atoms with E-state index in [0.717, 1.165) is 27.8 Å². The lowest BCUT2D eigenvalue weighted by Crippen LogP contribution is -2.31. The zero-order valence-corrected chi connectivity index (χ0v) is 15.9.